The number of aromatic nitrogens is 3. The van der Waals surface area contributed by atoms with Crippen molar-refractivity contribution in [2.75, 3.05) is 11.9 Å². The average Bonchev–Trinajstić information content (AvgIpc) is 2.75. The molecule has 2 aromatic heterocycles. The fourth-order valence-corrected chi connectivity index (χ4v) is 1.92. The van der Waals surface area contributed by atoms with Crippen LogP contribution in [-0.4, -0.2) is 21.6 Å². The first-order valence-electron chi connectivity index (χ1n) is 5.97. The fourth-order valence-electron chi connectivity index (χ4n) is 1.92. The second-order valence-corrected chi connectivity index (χ2v) is 4.52. The van der Waals surface area contributed by atoms with Crippen LogP contribution in [0.5, 0.6) is 0 Å². The Morgan fingerprint density at radius 3 is 2.78 bits per heavy atom. The molecule has 0 aliphatic heterocycles. The van der Waals surface area contributed by atoms with E-state index >= 15 is 0 Å². The number of anilines is 1. The number of imidazole rings is 1. The molecule has 0 saturated heterocycles. The van der Waals surface area contributed by atoms with E-state index in [0.717, 1.165) is 17.2 Å². The quantitative estimate of drug-likeness (QED) is 0.886. The third-order valence-electron chi connectivity index (χ3n) is 2.97. The van der Waals surface area contributed by atoms with Crippen LogP contribution in [0.1, 0.15) is 24.4 Å². The summed E-state index contributed by atoms with van der Waals surface area (Å²) in [6.45, 7) is 2.68. The minimum absolute atomic E-state index is 0.0301. The Kier molecular flexibility index (Phi) is 3.62. The molecule has 5 heteroatoms. The minimum Gasteiger partial charge on any atom is -0.352 e. The number of hydrogen-bond acceptors (Lipinski definition) is 4. The average molecular weight is 245 g/mol. The molecule has 2 heterocycles. The third-order valence-corrected chi connectivity index (χ3v) is 2.97. The zero-order chi connectivity index (χ0) is 13.1. The Balaban J connectivity index is 2.24. The zero-order valence-electron chi connectivity index (χ0n) is 11.0. The van der Waals surface area contributed by atoms with Gasteiger partial charge in [0.1, 0.15) is 11.6 Å². The van der Waals surface area contributed by atoms with E-state index in [4.69, 9.17) is 5.73 Å². The van der Waals surface area contributed by atoms with Crippen LogP contribution in [0.15, 0.2) is 30.7 Å². The van der Waals surface area contributed by atoms with Crippen LogP contribution in [0, 0.1) is 0 Å². The van der Waals surface area contributed by atoms with Crippen molar-refractivity contribution in [2.45, 2.75) is 19.5 Å². The zero-order valence-corrected chi connectivity index (χ0v) is 11.0. The molecule has 0 unspecified atom stereocenters. The van der Waals surface area contributed by atoms with Gasteiger partial charge in [0.05, 0.1) is 6.54 Å². The molecule has 1 atom stereocenters. The van der Waals surface area contributed by atoms with Gasteiger partial charge in [0.2, 0.25) is 0 Å². The van der Waals surface area contributed by atoms with E-state index in [0.29, 0.717) is 6.54 Å². The van der Waals surface area contributed by atoms with Gasteiger partial charge in [-0.2, -0.15) is 0 Å². The Morgan fingerprint density at radius 1 is 1.39 bits per heavy atom. The van der Waals surface area contributed by atoms with Gasteiger partial charge in [-0.15, -0.1) is 0 Å². The summed E-state index contributed by atoms with van der Waals surface area (Å²) in [7, 11) is 3.99. The predicted molar refractivity (Wildman–Crippen MR) is 72.2 cm³/mol. The lowest BCUT2D eigenvalue weighted by atomic mass is 10.1. The SMILES string of the molecule is C[C@H](N)c1cccnc1N(C)Cc1nccn1C. The first-order chi connectivity index (χ1) is 8.59. The monoisotopic (exact) mass is 245 g/mol. The number of nitrogens with two attached hydrogens (primary N) is 1. The highest BCUT2D eigenvalue weighted by molar-refractivity contribution is 5.47. The minimum atomic E-state index is -0.0301. The molecule has 0 bridgehead atoms. The highest BCUT2D eigenvalue weighted by atomic mass is 15.2. The molecule has 96 valence electrons. The molecule has 0 fully saturated rings. The number of aryl methyl sites for hydroxylation is 1. The van der Waals surface area contributed by atoms with Crippen LogP contribution in [0.3, 0.4) is 0 Å². The molecule has 0 saturated carbocycles. The molecule has 0 aromatic carbocycles. The van der Waals surface area contributed by atoms with Gasteiger partial charge in [0, 0.05) is 44.3 Å². The summed E-state index contributed by atoms with van der Waals surface area (Å²) in [4.78, 5) is 10.8. The van der Waals surface area contributed by atoms with Crippen LogP contribution in [0.2, 0.25) is 0 Å². The van der Waals surface area contributed by atoms with Gasteiger partial charge in [-0.3, -0.25) is 0 Å². The summed E-state index contributed by atoms with van der Waals surface area (Å²) in [5.41, 5.74) is 7.02. The maximum atomic E-state index is 5.97. The van der Waals surface area contributed by atoms with Gasteiger partial charge >= 0.3 is 0 Å². The van der Waals surface area contributed by atoms with Crippen LogP contribution in [0.25, 0.3) is 0 Å². The van der Waals surface area contributed by atoms with Gasteiger partial charge < -0.3 is 15.2 Å². The molecule has 18 heavy (non-hydrogen) atoms. The molecule has 2 aromatic rings. The first-order valence-corrected chi connectivity index (χ1v) is 5.97. The van der Waals surface area contributed by atoms with E-state index in [2.05, 4.69) is 14.9 Å². The molecule has 0 radical (unpaired) electrons. The molecule has 0 aliphatic rings. The van der Waals surface area contributed by atoms with Crippen LogP contribution < -0.4 is 10.6 Å². The second kappa shape index (κ2) is 5.18. The summed E-state index contributed by atoms with van der Waals surface area (Å²) >= 11 is 0. The second-order valence-electron chi connectivity index (χ2n) is 4.52. The Bertz CT molecular complexity index is 518. The molecule has 5 nitrogen and oxygen atoms in total. The fraction of sp³-hybridized carbons (Fsp3) is 0.385. The smallest absolute Gasteiger partial charge is 0.133 e. The van der Waals surface area contributed by atoms with Crippen molar-refractivity contribution >= 4 is 5.82 Å². The van der Waals surface area contributed by atoms with Crippen molar-refractivity contribution in [3.05, 3.63) is 42.1 Å². The Morgan fingerprint density at radius 2 is 2.17 bits per heavy atom. The van der Waals surface area contributed by atoms with E-state index in [1.54, 1.807) is 12.4 Å². The third kappa shape index (κ3) is 2.51. The molecule has 2 rings (SSSR count). The number of rotatable bonds is 4. The van der Waals surface area contributed by atoms with E-state index in [-0.39, 0.29) is 6.04 Å². The van der Waals surface area contributed by atoms with Gasteiger partial charge in [0.25, 0.3) is 0 Å². The van der Waals surface area contributed by atoms with Gasteiger partial charge in [-0.05, 0) is 13.0 Å². The maximum Gasteiger partial charge on any atom is 0.133 e. The summed E-state index contributed by atoms with van der Waals surface area (Å²) in [5, 5.41) is 0. The lowest BCUT2D eigenvalue weighted by Crippen LogP contribution is -2.23. The predicted octanol–water partition coefficient (Wildman–Crippen LogP) is 1.47. The van der Waals surface area contributed by atoms with E-state index in [1.165, 1.54) is 0 Å². The molecule has 0 aliphatic carbocycles. The Labute approximate surface area is 107 Å². The number of hydrogen-bond donors (Lipinski definition) is 1. The van der Waals surface area contributed by atoms with Crippen molar-refractivity contribution in [3.63, 3.8) is 0 Å². The van der Waals surface area contributed by atoms with Crippen molar-refractivity contribution in [1.29, 1.82) is 0 Å². The number of pyridine rings is 1. The summed E-state index contributed by atoms with van der Waals surface area (Å²) in [6.07, 6.45) is 5.53. The highest BCUT2D eigenvalue weighted by Gasteiger charge is 2.13. The van der Waals surface area contributed by atoms with Crippen LogP contribution >= 0.6 is 0 Å². The standard InChI is InChI=1S/C13H19N5/c1-10(14)11-5-4-6-16-13(11)18(3)9-12-15-7-8-17(12)2/h4-8,10H,9,14H2,1-3H3/t10-/m0/s1. The van der Waals surface area contributed by atoms with E-state index in [9.17, 15) is 0 Å². The van der Waals surface area contributed by atoms with Crippen molar-refractivity contribution in [1.82, 2.24) is 14.5 Å². The van der Waals surface area contributed by atoms with Crippen molar-refractivity contribution < 1.29 is 0 Å². The van der Waals surface area contributed by atoms with E-state index < -0.39 is 0 Å². The van der Waals surface area contributed by atoms with Gasteiger partial charge in [0.15, 0.2) is 0 Å². The normalized spacial score (nSPS) is 12.4. The van der Waals surface area contributed by atoms with Crippen molar-refractivity contribution in [3.8, 4) is 0 Å². The van der Waals surface area contributed by atoms with Crippen LogP contribution in [-0.2, 0) is 13.6 Å². The van der Waals surface area contributed by atoms with Crippen molar-refractivity contribution in [2.24, 2.45) is 12.8 Å². The lowest BCUT2D eigenvalue weighted by molar-refractivity contribution is 0.739. The summed E-state index contributed by atoms with van der Waals surface area (Å²) < 4.78 is 2.00. The Hall–Kier alpha value is -1.88. The summed E-state index contributed by atoms with van der Waals surface area (Å²) in [5.74, 6) is 1.91. The first kappa shape index (κ1) is 12.6. The lowest BCUT2D eigenvalue weighted by Gasteiger charge is -2.22. The van der Waals surface area contributed by atoms with Crippen LogP contribution in [0.4, 0.5) is 5.82 Å². The molecule has 0 amide bonds. The molecule has 2 N–H and O–H groups in total. The largest absolute Gasteiger partial charge is 0.352 e. The molecule has 0 spiro atoms. The highest BCUT2D eigenvalue weighted by Crippen LogP contribution is 2.22. The number of nitrogens with zero attached hydrogens (tertiary/aromatic N) is 4. The van der Waals surface area contributed by atoms with Gasteiger partial charge in [-0.25, -0.2) is 9.97 Å². The molecular formula is C13H19N5. The molecular weight excluding hydrogens is 226 g/mol. The van der Waals surface area contributed by atoms with Gasteiger partial charge in [-0.1, -0.05) is 6.07 Å². The topological polar surface area (TPSA) is 60.0 Å². The van der Waals surface area contributed by atoms with E-state index in [1.807, 2.05) is 43.9 Å². The maximum absolute atomic E-state index is 5.97. The summed E-state index contributed by atoms with van der Waals surface area (Å²) in [6, 6.07) is 3.90.